The molecule has 4 saturated carbocycles. The highest BCUT2D eigenvalue weighted by atomic mass is 35.5. The third kappa shape index (κ3) is 1.93. The summed E-state index contributed by atoms with van der Waals surface area (Å²) < 4.78 is 5.43. The molecule has 3 nitrogen and oxygen atoms in total. The van der Waals surface area contributed by atoms with E-state index < -0.39 is 0 Å². The largest absolute Gasteiger partial charge is 0.412 e. The Hall–Kier alpha value is -0.570. The van der Waals surface area contributed by atoms with E-state index in [0.29, 0.717) is 16.2 Å². The highest BCUT2D eigenvalue weighted by Gasteiger charge is 2.60. The van der Waals surface area contributed by atoms with Gasteiger partial charge >= 0.3 is 5.35 Å². The van der Waals surface area contributed by atoms with E-state index in [1.54, 1.807) is 0 Å². The second-order valence-corrected chi connectivity index (χ2v) is 8.58. The number of rotatable bonds is 2. The zero-order valence-corrected chi connectivity index (χ0v) is 12.5. The van der Waals surface area contributed by atoms with Crippen molar-refractivity contribution in [2.24, 2.45) is 22.2 Å². The summed E-state index contributed by atoms with van der Waals surface area (Å²) >= 11 is 5.76. The summed E-state index contributed by atoms with van der Waals surface area (Å²) in [5, 5.41) is 8.06. The molecule has 0 saturated heterocycles. The van der Waals surface area contributed by atoms with Gasteiger partial charge in [-0.15, -0.1) is 5.10 Å². The van der Waals surface area contributed by atoms with Crippen LogP contribution in [0.2, 0.25) is 5.35 Å². The monoisotopic (exact) mass is 280 g/mol. The molecule has 1 aromatic heterocycles. The Balaban J connectivity index is 1.67. The van der Waals surface area contributed by atoms with Crippen LogP contribution in [0.3, 0.4) is 0 Å². The molecule has 0 aliphatic heterocycles. The van der Waals surface area contributed by atoms with E-state index in [2.05, 4.69) is 24.0 Å². The summed E-state index contributed by atoms with van der Waals surface area (Å²) in [6.07, 6.45) is 9.18. The minimum atomic E-state index is 0.178. The van der Waals surface area contributed by atoms with Crippen LogP contribution in [0.15, 0.2) is 4.42 Å². The molecule has 5 rings (SSSR count). The van der Waals surface area contributed by atoms with Crippen LogP contribution in [-0.2, 0) is 6.42 Å². The van der Waals surface area contributed by atoms with Crippen molar-refractivity contribution in [2.45, 2.75) is 58.8 Å². The van der Waals surface area contributed by atoms with Gasteiger partial charge in [-0.25, -0.2) is 0 Å². The standard InChI is InChI=1S/C15H21ClN2O/c1-13-3-10-4-14(2,7-13)9-15(5-10,8-13)6-11-17-18-12(16)19-11/h10H,3-9H2,1-2H3. The SMILES string of the molecule is CC12CC3CC(C)(C1)CC(Cc1nnc(Cl)o1)(C3)C2. The van der Waals surface area contributed by atoms with Crippen LogP contribution in [0.5, 0.6) is 0 Å². The molecule has 4 fully saturated rings. The fourth-order valence-corrected chi connectivity index (χ4v) is 6.63. The molecule has 19 heavy (non-hydrogen) atoms. The maximum absolute atomic E-state index is 5.76. The van der Waals surface area contributed by atoms with Crippen molar-refractivity contribution in [3.05, 3.63) is 11.2 Å². The summed E-state index contributed by atoms with van der Waals surface area (Å²) in [6, 6.07) is 0. The minimum absolute atomic E-state index is 0.178. The first-order valence-corrected chi connectivity index (χ1v) is 7.74. The first kappa shape index (κ1) is 12.2. The van der Waals surface area contributed by atoms with E-state index in [1.807, 2.05) is 0 Å². The Morgan fingerprint density at radius 3 is 2.32 bits per heavy atom. The van der Waals surface area contributed by atoms with Crippen LogP contribution in [0.1, 0.15) is 58.3 Å². The van der Waals surface area contributed by atoms with Crippen LogP contribution in [0.4, 0.5) is 0 Å². The lowest BCUT2D eigenvalue weighted by Gasteiger charge is -2.65. The molecule has 0 N–H and O–H groups in total. The maximum Gasteiger partial charge on any atom is 0.312 e. The number of halogens is 1. The Labute approximate surface area is 119 Å². The maximum atomic E-state index is 5.76. The van der Waals surface area contributed by atoms with E-state index in [1.165, 1.54) is 38.5 Å². The quantitative estimate of drug-likeness (QED) is 0.812. The Bertz CT molecular complexity index is 508. The van der Waals surface area contributed by atoms with Gasteiger partial charge in [0.15, 0.2) is 0 Å². The average Bonchev–Trinajstić information content (AvgIpc) is 2.56. The first-order valence-electron chi connectivity index (χ1n) is 7.36. The highest BCUT2D eigenvalue weighted by molar-refractivity contribution is 6.27. The first-order chi connectivity index (χ1) is 8.88. The lowest BCUT2D eigenvalue weighted by molar-refractivity contribution is -0.145. The molecule has 2 atom stereocenters. The average molecular weight is 281 g/mol. The molecule has 4 aliphatic carbocycles. The molecule has 1 heterocycles. The van der Waals surface area contributed by atoms with Crippen LogP contribution in [-0.4, -0.2) is 10.2 Å². The highest BCUT2D eigenvalue weighted by Crippen LogP contribution is 2.70. The van der Waals surface area contributed by atoms with Gasteiger partial charge in [0, 0.05) is 6.42 Å². The third-order valence-electron chi connectivity index (χ3n) is 5.71. The van der Waals surface area contributed by atoms with Crippen LogP contribution >= 0.6 is 11.6 Å². The van der Waals surface area contributed by atoms with E-state index in [-0.39, 0.29) is 5.35 Å². The van der Waals surface area contributed by atoms with E-state index in [9.17, 15) is 0 Å². The summed E-state index contributed by atoms with van der Waals surface area (Å²) in [7, 11) is 0. The number of hydrogen-bond acceptors (Lipinski definition) is 3. The van der Waals surface area contributed by atoms with Crippen molar-refractivity contribution in [1.82, 2.24) is 10.2 Å². The Morgan fingerprint density at radius 2 is 1.79 bits per heavy atom. The zero-order valence-electron chi connectivity index (χ0n) is 11.7. The summed E-state index contributed by atoms with van der Waals surface area (Å²) in [6.45, 7) is 4.98. The molecule has 0 radical (unpaired) electrons. The molecule has 4 bridgehead atoms. The molecule has 104 valence electrons. The smallest absolute Gasteiger partial charge is 0.312 e. The molecule has 0 spiro atoms. The summed E-state index contributed by atoms with van der Waals surface area (Å²) in [5.41, 5.74) is 1.47. The van der Waals surface area contributed by atoms with Crippen molar-refractivity contribution in [3.63, 3.8) is 0 Å². The van der Waals surface area contributed by atoms with Gasteiger partial charge in [-0.3, -0.25) is 0 Å². The summed E-state index contributed by atoms with van der Waals surface area (Å²) in [5.74, 6) is 1.64. The second kappa shape index (κ2) is 3.55. The van der Waals surface area contributed by atoms with E-state index in [4.69, 9.17) is 16.0 Å². The van der Waals surface area contributed by atoms with Crippen molar-refractivity contribution in [2.75, 3.05) is 0 Å². The van der Waals surface area contributed by atoms with Gasteiger partial charge in [0.25, 0.3) is 0 Å². The van der Waals surface area contributed by atoms with Crippen LogP contribution in [0.25, 0.3) is 0 Å². The third-order valence-corrected chi connectivity index (χ3v) is 5.86. The fraction of sp³-hybridized carbons (Fsp3) is 0.867. The fourth-order valence-electron chi connectivity index (χ4n) is 6.51. The van der Waals surface area contributed by atoms with Gasteiger partial charge < -0.3 is 4.42 Å². The van der Waals surface area contributed by atoms with Crippen LogP contribution in [0, 0.1) is 22.2 Å². The Morgan fingerprint density at radius 1 is 1.11 bits per heavy atom. The molecular formula is C15H21ClN2O. The van der Waals surface area contributed by atoms with Crippen molar-refractivity contribution in [1.29, 1.82) is 0 Å². The molecule has 4 aliphatic rings. The van der Waals surface area contributed by atoms with Crippen molar-refractivity contribution < 1.29 is 4.42 Å². The zero-order chi connectivity index (χ0) is 13.3. The van der Waals surface area contributed by atoms with Gasteiger partial charge in [-0.05, 0) is 72.3 Å². The lowest BCUT2D eigenvalue weighted by Crippen LogP contribution is -2.55. The van der Waals surface area contributed by atoms with Gasteiger partial charge in [0.05, 0.1) is 0 Å². The van der Waals surface area contributed by atoms with Gasteiger partial charge in [-0.2, -0.15) is 0 Å². The number of aromatic nitrogens is 2. The van der Waals surface area contributed by atoms with E-state index >= 15 is 0 Å². The molecule has 2 unspecified atom stereocenters. The lowest BCUT2D eigenvalue weighted by atomic mass is 9.40. The number of hydrogen-bond donors (Lipinski definition) is 0. The van der Waals surface area contributed by atoms with Crippen LogP contribution < -0.4 is 0 Å². The number of nitrogens with zero attached hydrogens (tertiary/aromatic N) is 2. The topological polar surface area (TPSA) is 38.9 Å². The molecule has 4 heteroatoms. The van der Waals surface area contributed by atoms with Gasteiger partial charge in [-0.1, -0.05) is 18.9 Å². The van der Waals surface area contributed by atoms with E-state index in [0.717, 1.165) is 18.2 Å². The predicted octanol–water partition coefficient (Wildman–Crippen LogP) is 4.26. The van der Waals surface area contributed by atoms with Crippen molar-refractivity contribution >= 4 is 11.6 Å². The second-order valence-electron chi connectivity index (χ2n) is 8.26. The van der Waals surface area contributed by atoms with Crippen molar-refractivity contribution in [3.8, 4) is 0 Å². The van der Waals surface area contributed by atoms with Gasteiger partial charge in [0.2, 0.25) is 5.89 Å². The molecular weight excluding hydrogens is 260 g/mol. The Kier molecular flexibility index (Phi) is 2.27. The normalized spacial score (nSPS) is 47.8. The van der Waals surface area contributed by atoms with Gasteiger partial charge in [0.1, 0.15) is 0 Å². The predicted molar refractivity (Wildman–Crippen MR) is 72.9 cm³/mol. The molecule has 0 aromatic carbocycles. The minimum Gasteiger partial charge on any atom is -0.412 e. The molecule has 0 amide bonds. The molecule has 1 aromatic rings. The summed E-state index contributed by atoms with van der Waals surface area (Å²) in [4.78, 5) is 0.